The molecule has 1 aliphatic heterocycles. The molecule has 1 aliphatic rings. The summed E-state index contributed by atoms with van der Waals surface area (Å²) in [5.74, 6) is 0.550. The van der Waals surface area contributed by atoms with E-state index in [-0.39, 0.29) is 0 Å². The number of rotatable bonds is 4. The summed E-state index contributed by atoms with van der Waals surface area (Å²) in [6.07, 6.45) is -0.917. The van der Waals surface area contributed by atoms with Crippen LogP contribution < -0.4 is 5.32 Å². The van der Waals surface area contributed by atoms with Crippen molar-refractivity contribution in [1.82, 2.24) is 10.2 Å². The highest BCUT2D eigenvalue weighted by molar-refractivity contribution is 4.70. The zero-order valence-electron chi connectivity index (χ0n) is 9.11. The van der Waals surface area contributed by atoms with Gasteiger partial charge in [-0.1, -0.05) is 0 Å². The van der Waals surface area contributed by atoms with Crippen LogP contribution in [0.3, 0.4) is 0 Å². The fraction of sp³-hybridized carbons (Fsp3) is 1.00. The van der Waals surface area contributed by atoms with Crippen LogP contribution >= 0.6 is 0 Å². The first-order chi connectivity index (χ1) is 6.97. The van der Waals surface area contributed by atoms with E-state index < -0.39 is 12.7 Å². The second-order valence-electron chi connectivity index (χ2n) is 4.35. The summed E-state index contributed by atoms with van der Waals surface area (Å²) in [7, 11) is 1.53. The summed E-state index contributed by atoms with van der Waals surface area (Å²) in [5, 5.41) is 3.27. The van der Waals surface area contributed by atoms with Crippen LogP contribution in [-0.4, -0.2) is 44.3 Å². The Kier molecular flexibility index (Phi) is 4.86. The summed E-state index contributed by atoms with van der Waals surface area (Å²) < 4.78 is 36.1. The van der Waals surface area contributed by atoms with Crippen LogP contribution in [0.2, 0.25) is 0 Å². The standard InChI is InChI=1S/C10H19F3N2/c1-15(8-10(11,12)13)6-4-9-3-2-5-14-7-9/h9,14H,2-8H2,1H3. The lowest BCUT2D eigenvalue weighted by molar-refractivity contribution is -0.143. The Labute approximate surface area is 88.8 Å². The molecule has 1 atom stereocenters. The summed E-state index contributed by atoms with van der Waals surface area (Å²) in [4.78, 5) is 1.36. The highest BCUT2D eigenvalue weighted by Crippen LogP contribution is 2.18. The van der Waals surface area contributed by atoms with Crippen molar-refractivity contribution >= 4 is 0 Å². The van der Waals surface area contributed by atoms with Crippen LogP contribution in [-0.2, 0) is 0 Å². The van der Waals surface area contributed by atoms with Gasteiger partial charge in [0.1, 0.15) is 0 Å². The molecule has 1 fully saturated rings. The predicted octanol–water partition coefficient (Wildman–Crippen LogP) is 1.87. The molecule has 0 aromatic heterocycles. The topological polar surface area (TPSA) is 15.3 Å². The maximum atomic E-state index is 12.0. The van der Waals surface area contributed by atoms with Crippen LogP contribution in [0, 0.1) is 5.92 Å². The van der Waals surface area contributed by atoms with Crippen LogP contribution in [0.1, 0.15) is 19.3 Å². The first-order valence-electron chi connectivity index (χ1n) is 5.43. The fourth-order valence-electron chi connectivity index (χ4n) is 1.96. The fourth-order valence-corrected chi connectivity index (χ4v) is 1.96. The van der Waals surface area contributed by atoms with Gasteiger partial charge in [-0.3, -0.25) is 4.90 Å². The lowest BCUT2D eigenvalue weighted by atomic mass is 9.96. The number of nitrogens with one attached hydrogen (secondary N) is 1. The number of piperidine rings is 1. The Morgan fingerprint density at radius 2 is 2.13 bits per heavy atom. The van der Waals surface area contributed by atoms with Gasteiger partial charge >= 0.3 is 6.18 Å². The molecule has 1 saturated heterocycles. The Morgan fingerprint density at radius 1 is 1.40 bits per heavy atom. The van der Waals surface area contributed by atoms with Crippen molar-refractivity contribution in [2.24, 2.45) is 5.92 Å². The third-order valence-electron chi connectivity index (χ3n) is 2.77. The maximum Gasteiger partial charge on any atom is 0.401 e. The SMILES string of the molecule is CN(CCC1CCCNC1)CC(F)(F)F. The van der Waals surface area contributed by atoms with Gasteiger partial charge in [0, 0.05) is 0 Å². The first kappa shape index (κ1) is 12.8. The molecule has 0 saturated carbocycles. The van der Waals surface area contributed by atoms with Crippen molar-refractivity contribution < 1.29 is 13.2 Å². The number of hydrogen-bond acceptors (Lipinski definition) is 2. The van der Waals surface area contributed by atoms with Crippen molar-refractivity contribution in [1.29, 1.82) is 0 Å². The van der Waals surface area contributed by atoms with E-state index in [4.69, 9.17) is 0 Å². The number of alkyl halides is 3. The normalized spacial score (nSPS) is 23.4. The Balaban J connectivity index is 2.12. The lowest BCUT2D eigenvalue weighted by Gasteiger charge is -2.25. The van der Waals surface area contributed by atoms with Crippen LogP contribution in [0.15, 0.2) is 0 Å². The second-order valence-corrected chi connectivity index (χ2v) is 4.35. The van der Waals surface area contributed by atoms with E-state index in [1.807, 2.05) is 0 Å². The molecule has 1 unspecified atom stereocenters. The minimum absolute atomic E-state index is 0.534. The molecule has 1 rings (SSSR count). The van der Waals surface area contributed by atoms with Gasteiger partial charge in [0.25, 0.3) is 0 Å². The van der Waals surface area contributed by atoms with Gasteiger partial charge in [-0.2, -0.15) is 13.2 Å². The third-order valence-corrected chi connectivity index (χ3v) is 2.77. The summed E-state index contributed by atoms with van der Waals surface area (Å²) in [6.45, 7) is 1.74. The van der Waals surface area contributed by atoms with Crippen molar-refractivity contribution in [2.45, 2.75) is 25.4 Å². The maximum absolute atomic E-state index is 12.0. The molecule has 0 spiro atoms. The van der Waals surface area contributed by atoms with E-state index in [0.29, 0.717) is 12.5 Å². The molecular weight excluding hydrogens is 205 g/mol. The Bertz CT molecular complexity index is 176. The van der Waals surface area contributed by atoms with Crippen molar-refractivity contribution in [3.8, 4) is 0 Å². The number of halogens is 3. The molecule has 2 nitrogen and oxygen atoms in total. The summed E-state index contributed by atoms with van der Waals surface area (Å²) >= 11 is 0. The highest BCUT2D eigenvalue weighted by Gasteiger charge is 2.29. The van der Waals surface area contributed by atoms with E-state index >= 15 is 0 Å². The van der Waals surface area contributed by atoms with Gasteiger partial charge in [-0.15, -0.1) is 0 Å². The average Bonchev–Trinajstić information content (AvgIpc) is 2.14. The molecule has 0 bridgehead atoms. The number of hydrogen-bond donors (Lipinski definition) is 1. The number of nitrogens with zero attached hydrogens (tertiary/aromatic N) is 1. The lowest BCUT2D eigenvalue weighted by Crippen LogP contribution is -2.35. The van der Waals surface area contributed by atoms with Crippen LogP contribution in [0.4, 0.5) is 13.2 Å². The highest BCUT2D eigenvalue weighted by atomic mass is 19.4. The first-order valence-corrected chi connectivity index (χ1v) is 5.43. The predicted molar refractivity (Wildman–Crippen MR) is 53.8 cm³/mol. The van der Waals surface area contributed by atoms with Crippen LogP contribution in [0.5, 0.6) is 0 Å². The Hall–Kier alpha value is -0.290. The molecule has 90 valence electrons. The monoisotopic (exact) mass is 224 g/mol. The largest absolute Gasteiger partial charge is 0.401 e. The van der Waals surface area contributed by atoms with E-state index in [1.54, 1.807) is 0 Å². The summed E-state index contributed by atoms with van der Waals surface area (Å²) in [5.41, 5.74) is 0. The molecule has 15 heavy (non-hydrogen) atoms. The van der Waals surface area contributed by atoms with Crippen molar-refractivity contribution in [3.05, 3.63) is 0 Å². The van der Waals surface area contributed by atoms with E-state index in [2.05, 4.69) is 5.32 Å². The van der Waals surface area contributed by atoms with Gasteiger partial charge in [0.05, 0.1) is 6.54 Å². The minimum Gasteiger partial charge on any atom is -0.316 e. The molecule has 0 radical (unpaired) electrons. The smallest absolute Gasteiger partial charge is 0.316 e. The minimum atomic E-state index is -4.07. The van der Waals surface area contributed by atoms with Gasteiger partial charge < -0.3 is 5.32 Å². The molecule has 0 amide bonds. The quantitative estimate of drug-likeness (QED) is 0.784. The van der Waals surface area contributed by atoms with E-state index in [0.717, 1.165) is 32.4 Å². The molecule has 5 heteroatoms. The van der Waals surface area contributed by atoms with Crippen molar-refractivity contribution in [2.75, 3.05) is 33.2 Å². The molecule has 0 aromatic rings. The summed E-state index contributed by atoms with van der Waals surface area (Å²) in [6, 6.07) is 0. The molecule has 0 aromatic carbocycles. The molecule has 0 aliphatic carbocycles. The van der Waals surface area contributed by atoms with Gasteiger partial charge in [-0.25, -0.2) is 0 Å². The van der Waals surface area contributed by atoms with E-state index in [9.17, 15) is 13.2 Å². The third kappa shape index (κ3) is 5.99. The van der Waals surface area contributed by atoms with Crippen LogP contribution in [0.25, 0.3) is 0 Å². The molecular formula is C10H19F3N2. The molecule has 1 heterocycles. The zero-order chi connectivity index (χ0) is 11.3. The second kappa shape index (κ2) is 5.70. The van der Waals surface area contributed by atoms with Gasteiger partial charge in [0.15, 0.2) is 0 Å². The average molecular weight is 224 g/mol. The van der Waals surface area contributed by atoms with Crippen molar-refractivity contribution in [3.63, 3.8) is 0 Å². The van der Waals surface area contributed by atoms with E-state index in [1.165, 1.54) is 11.9 Å². The van der Waals surface area contributed by atoms with Gasteiger partial charge in [-0.05, 0) is 51.9 Å². The van der Waals surface area contributed by atoms with Gasteiger partial charge in [0.2, 0.25) is 0 Å². The molecule has 1 N–H and O–H groups in total. The zero-order valence-corrected chi connectivity index (χ0v) is 9.11. The Morgan fingerprint density at radius 3 is 2.67 bits per heavy atom.